The molecule has 2 aromatic rings. The highest BCUT2D eigenvalue weighted by Crippen LogP contribution is 2.18. The van der Waals surface area contributed by atoms with Crippen molar-refractivity contribution in [3.63, 3.8) is 0 Å². The summed E-state index contributed by atoms with van der Waals surface area (Å²) in [5.41, 5.74) is 0. The fraction of sp³-hybridized carbons (Fsp3) is 0.391. The molecular formula is C23H28Cl2N2O4. The van der Waals surface area contributed by atoms with Crippen molar-refractivity contribution in [2.75, 3.05) is 33.4 Å². The van der Waals surface area contributed by atoms with Gasteiger partial charge in [0, 0.05) is 36.6 Å². The molecule has 1 N–H and O–H groups in total. The molecule has 2 amide bonds. The standard InChI is InChI=1S/C14H18ClNO2.C9H10ClNO2/c1-11-9-14(17)16(10-11)7-2-8-18-13-5-3-12(15)4-6-13;1-11-9(12)6-13-8-4-2-7(10)3-5-8/h3-6,11H,2,7-10H2,1H3;2-5H,6H2,1H3,(H,11,12). The molecule has 0 aromatic heterocycles. The van der Waals surface area contributed by atoms with E-state index in [2.05, 4.69) is 12.2 Å². The number of rotatable bonds is 8. The summed E-state index contributed by atoms with van der Waals surface area (Å²) >= 11 is 11.5. The third-order valence-electron chi connectivity index (χ3n) is 4.52. The minimum atomic E-state index is -0.157. The Labute approximate surface area is 193 Å². The molecule has 1 heterocycles. The Morgan fingerprint density at radius 3 is 2.06 bits per heavy atom. The van der Waals surface area contributed by atoms with Gasteiger partial charge >= 0.3 is 0 Å². The molecule has 1 fully saturated rings. The largest absolute Gasteiger partial charge is 0.494 e. The van der Waals surface area contributed by atoms with Gasteiger partial charge in [0.2, 0.25) is 5.91 Å². The Bertz CT molecular complexity index is 828. The number of hydrogen-bond acceptors (Lipinski definition) is 4. The van der Waals surface area contributed by atoms with Crippen molar-refractivity contribution in [3.05, 3.63) is 58.6 Å². The van der Waals surface area contributed by atoms with E-state index < -0.39 is 0 Å². The molecule has 0 bridgehead atoms. The van der Waals surface area contributed by atoms with Gasteiger partial charge in [0.25, 0.3) is 5.91 Å². The van der Waals surface area contributed by atoms with Crippen molar-refractivity contribution in [3.8, 4) is 11.5 Å². The van der Waals surface area contributed by atoms with Gasteiger partial charge in [0.05, 0.1) is 6.61 Å². The average Bonchev–Trinajstić information content (AvgIpc) is 3.09. The molecule has 0 saturated carbocycles. The van der Waals surface area contributed by atoms with E-state index in [1.54, 1.807) is 31.3 Å². The van der Waals surface area contributed by atoms with Crippen molar-refractivity contribution in [1.82, 2.24) is 10.2 Å². The number of halogens is 2. The van der Waals surface area contributed by atoms with E-state index in [1.807, 2.05) is 29.2 Å². The molecule has 1 atom stereocenters. The van der Waals surface area contributed by atoms with E-state index in [-0.39, 0.29) is 18.4 Å². The van der Waals surface area contributed by atoms with Crippen molar-refractivity contribution in [2.45, 2.75) is 19.8 Å². The second kappa shape index (κ2) is 13.1. The molecule has 6 nitrogen and oxygen atoms in total. The number of nitrogens with one attached hydrogen (secondary N) is 1. The minimum absolute atomic E-state index is 0.0259. The summed E-state index contributed by atoms with van der Waals surface area (Å²) < 4.78 is 10.7. The Morgan fingerprint density at radius 2 is 1.58 bits per heavy atom. The second-order valence-corrected chi connectivity index (χ2v) is 8.09. The Morgan fingerprint density at radius 1 is 1.03 bits per heavy atom. The normalized spacial score (nSPS) is 15.2. The molecule has 1 aliphatic heterocycles. The molecule has 168 valence electrons. The predicted octanol–water partition coefficient (Wildman–Crippen LogP) is 4.44. The van der Waals surface area contributed by atoms with E-state index in [9.17, 15) is 9.59 Å². The van der Waals surface area contributed by atoms with Crippen LogP contribution in [0.25, 0.3) is 0 Å². The van der Waals surface area contributed by atoms with Crippen LogP contribution in [0.3, 0.4) is 0 Å². The topological polar surface area (TPSA) is 67.9 Å². The summed E-state index contributed by atoms with van der Waals surface area (Å²) in [7, 11) is 1.56. The zero-order valence-electron chi connectivity index (χ0n) is 17.8. The first-order valence-corrected chi connectivity index (χ1v) is 10.9. The number of hydrogen-bond donors (Lipinski definition) is 1. The fourth-order valence-corrected chi connectivity index (χ4v) is 3.17. The van der Waals surface area contributed by atoms with Crippen molar-refractivity contribution in [1.29, 1.82) is 0 Å². The van der Waals surface area contributed by atoms with Gasteiger partial charge in [0.1, 0.15) is 11.5 Å². The van der Waals surface area contributed by atoms with Gasteiger partial charge in [-0.1, -0.05) is 30.1 Å². The number of ether oxygens (including phenoxy) is 2. The van der Waals surface area contributed by atoms with Gasteiger partial charge in [0.15, 0.2) is 6.61 Å². The first-order chi connectivity index (χ1) is 14.9. The molecular weight excluding hydrogens is 439 g/mol. The van der Waals surface area contributed by atoms with E-state index >= 15 is 0 Å². The zero-order valence-corrected chi connectivity index (χ0v) is 19.3. The van der Waals surface area contributed by atoms with E-state index in [0.717, 1.165) is 25.3 Å². The monoisotopic (exact) mass is 466 g/mol. The number of amides is 2. The summed E-state index contributed by atoms with van der Waals surface area (Å²) in [6, 6.07) is 14.2. The Balaban J connectivity index is 0.000000233. The van der Waals surface area contributed by atoms with Crippen LogP contribution in [-0.4, -0.2) is 50.1 Å². The first kappa shape index (κ1) is 24.8. The van der Waals surface area contributed by atoms with E-state index in [1.165, 1.54) is 0 Å². The number of carbonyl (C=O) groups is 2. The molecule has 1 aliphatic rings. The molecule has 0 spiro atoms. The van der Waals surface area contributed by atoms with Crippen LogP contribution in [0.15, 0.2) is 48.5 Å². The lowest BCUT2D eigenvalue weighted by Crippen LogP contribution is -2.27. The average molecular weight is 467 g/mol. The fourth-order valence-electron chi connectivity index (χ4n) is 2.91. The number of carbonyl (C=O) groups excluding carboxylic acids is 2. The summed E-state index contributed by atoms with van der Waals surface area (Å²) in [6.45, 7) is 4.44. The van der Waals surface area contributed by atoms with Crippen LogP contribution in [0.5, 0.6) is 11.5 Å². The highest BCUT2D eigenvalue weighted by atomic mass is 35.5. The third kappa shape index (κ3) is 9.49. The van der Waals surface area contributed by atoms with Crippen LogP contribution in [0.1, 0.15) is 19.8 Å². The second-order valence-electron chi connectivity index (χ2n) is 7.22. The highest BCUT2D eigenvalue weighted by Gasteiger charge is 2.25. The van der Waals surface area contributed by atoms with Gasteiger partial charge in [-0.2, -0.15) is 0 Å². The predicted molar refractivity (Wildman–Crippen MR) is 123 cm³/mol. The Kier molecular flexibility index (Phi) is 10.5. The van der Waals surface area contributed by atoms with Crippen molar-refractivity contribution >= 4 is 35.0 Å². The highest BCUT2D eigenvalue weighted by molar-refractivity contribution is 6.30. The SMILES string of the molecule is CC1CC(=O)N(CCCOc2ccc(Cl)cc2)C1.CNC(=O)COc1ccc(Cl)cc1. The van der Waals surface area contributed by atoms with Gasteiger partial charge in [-0.25, -0.2) is 0 Å². The summed E-state index contributed by atoms with van der Waals surface area (Å²) in [5, 5.41) is 3.81. The summed E-state index contributed by atoms with van der Waals surface area (Å²) in [5.74, 6) is 2.06. The smallest absolute Gasteiger partial charge is 0.257 e. The molecule has 1 unspecified atom stereocenters. The van der Waals surface area contributed by atoms with E-state index in [0.29, 0.717) is 34.7 Å². The lowest BCUT2D eigenvalue weighted by Gasteiger charge is -2.16. The van der Waals surface area contributed by atoms with Crippen molar-refractivity contribution < 1.29 is 19.1 Å². The molecule has 0 aliphatic carbocycles. The number of likely N-dealkylation sites (tertiary alicyclic amines) is 1. The van der Waals surface area contributed by atoms with Crippen LogP contribution in [-0.2, 0) is 9.59 Å². The number of likely N-dealkylation sites (N-methyl/N-ethyl adjacent to an activating group) is 1. The lowest BCUT2D eigenvalue weighted by molar-refractivity contribution is -0.127. The van der Waals surface area contributed by atoms with E-state index in [4.69, 9.17) is 32.7 Å². The molecule has 0 radical (unpaired) electrons. The van der Waals surface area contributed by atoms with Crippen LogP contribution < -0.4 is 14.8 Å². The molecule has 2 aromatic carbocycles. The quantitative estimate of drug-likeness (QED) is 0.583. The van der Waals surface area contributed by atoms with Gasteiger partial charge in [-0.15, -0.1) is 0 Å². The summed E-state index contributed by atoms with van der Waals surface area (Å²) in [6.07, 6.45) is 1.55. The zero-order chi connectivity index (χ0) is 22.6. The first-order valence-electron chi connectivity index (χ1n) is 10.1. The van der Waals surface area contributed by atoms with Gasteiger partial charge in [-0.05, 0) is 60.9 Å². The molecule has 1 saturated heterocycles. The molecule has 8 heteroatoms. The minimum Gasteiger partial charge on any atom is -0.494 e. The summed E-state index contributed by atoms with van der Waals surface area (Å²) in [4.78, 5) is 24.3. The lowest BCUT2D eigenvalue weighted by atomic mass is 10.2. The van der Waals surface area contributed by atoms with Gasteiger partial charge < -0.3 is 19.7 Å². The maximum absolute atomic E-state index is 11.6. The molecule has 31 heavy (non-hydrogen) atoms. The molecule has 3 rings (SSSR count). The maximum atomic E-state index is 11.6. The van der Waals surface area contributed by atoms with Gasteiger partial charge in [-0.3, -0.25) is 9.59 Å². The maximum Gasteiger partial charge on any atom is 0.257 e. The van der Waals surface area contributed by atoms with Crippen LogP contribution in [0.4, 0.5) is 0 Å². The van der Waals surface area contributed by atoms with Crippen LogP contribution >= 0.6 is 23.2 Å². The van der Waals surface area contributed by atoms with Crippen LogP contribution in [0, 0.1) is 5.92 Å². The number of benzene rings is 2. The number of nitrogens with zero attached hydrogens (tertiary/aromatic N) is 1. The third-order valence-corrected chi connectivity index (χ3v) is 5.03. The van der Waals surface area contributed by atoms with Crippen LogP contribution in [0.2, 0.25) is 10.0 Å². The van der Waals surface area contributed by atoms with Crippen molar-refractivity contribution in [2.24, 2.45) is 5.92 Å². The Hall–Kier alpha value is -2.44.